The van der Waals surface area contributed by atoms with E-state index in [0.29, 0.717) is 28.7 Å². The summed E-state index contributed by atoms with van der Waals surface area (Å²) in [6.07, 6.45) is 0. The molecule has 1 aliphatic rings. The highest BCUT2D eigenvalue weighted by Crippen LogP contribution is 2.28. The number of methoxy groups -OCH3 is 2. The molecule has 1 amide bonds. The van der Waals surface area contributed by atoms with Crippen molar-refractivity contribution in [3.63, 3.8) is 0 Å². The van der Waals surface area contributed by atoms with Gasteiger partial charge in [0.15, 0.2) is 11.5 Å². The first-order chi connectivity index (χ1) is 13.6. The first-order valence-electron chi connectivity index (χ1n) is 9.34. The van der Waals surface area contributed by atoms with Crippen LogP contribution in [0.3, 0.4) is 0 Å². The maximum atomic E-state index is 12.8. The van der Waals surface area contributed by atoms with Crippen LogP contribution in [0.4, 0.5) is 0 Å². The highest BCUT2D eigenvalue weighted by atomic mass is 35.5. The van der Waals surface area contributed by atoms with Crippen molar-refractivity contribution >= 4 is 17.5 Å². The molecule has 6 nitrogen and oxygen atoms in total. The van der Waals surface area contributed by atoms with Gasteiger partial charge in [-0.2, -0.15) is 0 Å². The van der Waals surface area contributed by atoms with E-state index in [1.165, 1.54) is 4.90 Å². The second-order valence-electron chi connectivity index (χ2n) is 6.66. The Kier molecular flexibility index (Phi) is 7.01. The number of nitrogens with zero attached hydrogens (tertiary/aromatic N) is 1. The molecule has 0 bridgehead atoms. The summed E-state index contributed by atoms with van der Waals surface area (Å²) in [6.45, 7) is 4.81. The van der Waals surface area contributed by atoms with E-state index in [9.17, 15) is 4.79 Å². The van der Waals surface area contributed by atoms with Crippen molar-refractivity contribution in [2.45, 2.75) is 0 Å². The van der Waals surface area contributed by atoms with Gasteiger partial charge < -0.3 is 24.0 Å². The minimum atomic E-state index is 0.0254. The normalized spacial score (nSPS) is 14.6. The molecule has 0 aromatic heterocycles. The summed E-state index contributed by atoms with van der Waals surface area (Å²) >= 11 is 5.88. The summed E-state index contributed by atoms with van der Waals surface area (Å²) in [6, 6.07) is 12.7. The Morgan fingerprint density at radius 2 is 1.71 bits per heavy atom. The molecule has 1 saturated heterocycles. The van der Waals surface area contributed by atoms with Crippen LogP contribution in [0.25, 0.3) is 0 Å². The molecule has 0 unspecified atom stereocenters. The summed E-state index contributed by atoms with van der Waals surface area (Å²) in [4.78, 5) is 16.1. The molecule has 2 aromatic rings. The van der Waals surface area contributed by atoms with Gasteiger partial charge in [-0.1, -0.05) is 11.6 Å². The highest BCUT2D eigenvalue weighted by molar-refractivity contribution is 6.30. The third-order valence-electron chi connectivity index (χ3n) is 4.93. The van der Waals surface area contributed by atoms with E-state index in [2.05, 4.69) is 0 Å². The Morgan fingerprint density at radius 3 is 2.36 bits per heavy atom. The van der Waals surface area contributed by atoms with E-state index >= 15 is 0 Å². The number of carbonyl (C=O) groups excluding carboxylic acids is 1. The number of amides is 1. The van der Waals surface area contributed by atoms with Crippen molar-refractivity contribution in [3.8, 4) is 17.2 Å². The second kappa shape index (κ2) is 9.66. The van der Waals surface area contributed by atoms with Crippen LogP contribution >= 0.6 is 11.6 Å². The zero-order chi connectivity index (χ0) is 19.9. The summed E-state index contributed by atoms with van der Waals surface area (Å²) in [5, 5.41) is 0.702. The van der Waals surface area contributed by atoms with E-state index in [-0.39, 0.29) is 5.91 Å². The fourth-order valence-corrected chi connectivity index (χ4v) is 3.40. The Hall–Kier alpha value is -2.44. The molecule has 1 heterocycles. The van der Waals surface area contributed by atoms with Crippen molar-refractivity contribution in [1.29, 1.82) is 0 Å². The molecule has 0 radical (unpaired) electrons. The molecule has 0 saturated carbocycles. The monoisotopic (exact) mass is 405 g/mol. The molecule has 2 aromatic carbocycles. The molecule has 1 aliphatic heterocycles. The Labute approximate surface area is 170 Å². The summed E-state index contributed by atoms with van der Waals surface area (Å²) in [7, 11) is 3.15. The molecular weight excluding hydrogens is 380 g/mol. The number of carbonyl (C=O) groups is 1. The minimum absolute atomic E-state index is 0.0254. The molecule has 1 fully saturated rings. The van der Waals surface area contributed by atoms with Gasteiger partial charge in [-0.25, -0.2) is 0 Å². The molecule has 0 spiro atoms. The molecule has 150 valence electrons. The van der Waals surface area contributed by atoms with E-state index < -0.39 is 0 Å². The highest BCUT2D eigenvalue weighted by Gasteiger charge is 2.25. The maximum Gasteiger partial charge on any atom is 0.254 e. The van der Waals surface area contributed by atoms with Crippen LogP contribution in [0.15, 0.2) is 42.5 Å². The fraction of sp³-hybridized carbons (Fsp3) is 0.381. The Bertz CT molecular complexity index is 789. The summed E-state index contributed by atoms with van der Waals surface area (Å²) < 4.78 is 16.3. The smallest absolute Gasteiger partial charge is 0.254 e. The topological polar surface area (TPSA) is 52.4 Å². The van der Waals surface area contributed by atoms with Gasteiger partial charge in [0.05, 0.1) is 40.4 Å². The van der Waals surface area contributed by atoms with Gasteiger partial charge in [0.25, 0.3) is 5.91 Å². The van der Waals surface area contributed by atoms with Gasteiger partial charge >= 0.3 is 0 Å². The molecule has 1 N–H and O–H groups in total. The number of benzene rings is 2. The third-order valence-corrected chi connectivity index (χ3v) is 5.18. The zero-order valence-electron chi connectivity index (χ0n) is 16.2. The Morgan fingerprint density at radius 1 is 1.04 bits per heavy atom. The van der Waals surface area contributed by atoms with Crippen molar-refractivity contribution in [2.75, 3.05) is 53.6 Å². The summed E-state index contributed by atoms with van der Waals surface area (Å²) in [5.74, 6) is 2.04. The third kappa shape index (κ3) is 5.09. The van der Waals surface area contributed by atoms with Gasteiger partial charge in [0, 0.05) is 10.6 Å². The zero-order valence-corrected chi connectivity index (χ0v) is 17.0. The number of halogens is 1. The van der Waals surface area contributed by atoms with E-state index in [1.54, 1.807) is 32.4 Å². The lowest BCUT2D eigenvalue weighted by atomic mass is 10.1. The first-order valence-corrected chi connectivity index (χ1v) is 9.71. The minimum Gasteiger partial charge on any atom is -0.493 e. The van der Waals surface area contributed by atoms with Crippen molar-refractivity contribution in [2.24, 2.45) is 0 Å². The molecular formula is C21H26ClN2O4+. The lowest BCUT2D eigenvalue weighted by Gasteiger charge is -2.32. The van der Waals surface area contributed by atoms with Gasteiger partial charge in [-0.05, 0) is 42.5 Å². The van der Waals surface area contributed by atoms with Crippen molar-refractivity contribution < 1.29 is 23.9 Å². The number of ether oxygens (including phenoxy) is 3. The van der Waals surface area contributed by atoms with Crippen LogP contribution in [0.1, 0.15) is 10.4 Å². The van der Waals surface area contributed by atoms with Crippen molar-refractivity contribution in [3.05, 3.63) is 53.1 Å². The standard InChI is InChI=1S/C21H25ClN2O4/c1-26-19-8-3-16(15-20(19)27-2)21(25)24-11-9-23(10-12-24)13-14-28-18-6-4-17(22)5-7-18/h3-8,15H,9-14H2,1-2H3/p+1. The number of quaternary nitrogens is 1. The molecule has 28 heavy (non-hydrogen) atoms. The molecule has 0 aliphatic carbocycles. The van der Waals surface area contributed by atoms with E-state index in [4.69, 9.17) is 25.8 Å². The van der Waals surface area contributed by atoms with Gasteiger partial charge in [-0.15, -0.1) is 0 Å². The lowest BCUT2D eigenvalue weighted by molar-refractivity contribution is -0.903. The number of hydrogen-bond acceptors (Lipinski definition) is 4. The second-order valence-corrected chi connectivity index (χ2v) is 7.10. The van der Waals surface area contributed by atoms with Crippen LogP contribution < -0.4 is 19.1 Å². The fourth-order valence-electron chi connectivity index (χ4n) is 3.27. The summed E-state index contributed by atoms with van der Waals surface area (Å²) in [5.41, 5.74) is 0.618. The predicted molar refractivity (Wildman–Crippen MR) is 108 cm³/mol. The van der Waals surface area contributed by atoms with Crippen LogP contribution in [-0.2, 0) is 0 Å². The maximum absolute atomic E-state index is 12.8. The van der Waals surface area contributed by atoms with Crippen molar-refractivity contribution in [1.82, 2.24) is 4.90 Å². The predicted octanol–water partition coefficient (Wildman–Crippen LogP) is 1.78. The van der Waals surface area contributed by atoms with Crippen LogP contribution in [0.2, 0.25) is 5.02 Å². The number of nitrogens with one attached hydrogen (secondary N) is 1. The lowest BCUT2D eigenvalue weighted by Crippen LogP contribution is -3.15. The van der Waals surface area contributed by atoms with Crippen LogP contribution in [0.5, 0.6) is 17.2 Å². The van der Waals surface area contributed by atoms with Gasteiger partial charge in [-0.3, -0.25) is 4.79 Å². The van der Waals surface area contributed by atoms with Gasteiger partial charge in [0.2, 0.25) is 0 Å². The average Bonchev–Trinajstić information content (AvgIpc) is 2.74. The molecule has 0 atom stereocenters. The number of rotatable bonds is 7. The SMILES string of the molecule is COc1ccc(C(=O)N2CC[NH+](CCOc3ccc(Cl)cc3)CC2)cc1OC. The van der Waals surface area contributed by atoms with Crippen LogP contribution in [-0.4, -0.2) is 64.4 Å². The van der Waals surface area contributed by atoms with E-state index in [1.807, 2.05) is 29.2 Å². The number of piperazine rings is 1. The first kappa shape index (κ1) is 20.3. The Balaban J connectivity index is 1.46. The van der Waals surface area contributed by atoms with Crippen LogP contribution in [0, 0.1) is 0 Å². The number of hydrogen-bond donors (Lipinski definition) is 1. The van der Waals surface area contributed by atoms with Gasteiger partial charge in [0.1, 0.15) is 18.9 Å². The molecule has 3 rings (SSSR count). The average molecular weight is 406 g/mol. The largest absolute Gasteiger partial charge is 0.493 e. The quantitative estimate of drug-likeness (QED) is 0.763. The van der Waals surface area contributed by atoms with E-state index in [0.717, 1.165) is 38.5 Å². The molecule has 7 heteroatoms.